The van der Waals surface area contributed by atoms with E-state index in [1.165, 1.54) is 14.0 Å². The van der Waals surface area contributed by atoms with Gasteiger partial charge in [-0.05, 0) is 28.1 Å². The number of carbonyl (C=O) groups is 2. The molecule has 0 atom stereocenters. The Hall–Kier alpha value is -1.56. The Bertz CT molecular complexity index is 421. The maximum atomic E-state index is 11.2. The lowest BCUT2D eigenvalue weighted by atomic mass is 10.3. The van der Waals surface area contributed by atoms with E-state index in [1.54, 1.807) is 18.2 Å². The lowest BCUT2D eigenvalue weighted by molar-refractivity contribution is -0.117. The number of hydrogen-bond acceptors (Lipinski definition) is 3. The Labute approximate surface area is 101 Å². The van der Waals surface area contributed by atoms with Crippen molar-refractivity contribution >= 4 is 33.6 Å². The molecule has 0 radical (unpaired) electrons. The summed E-state index contributed by atoms with van der Waals surface area (Å²) in [7, 11) is 1.53. The molecule has 0 saturated carbocycles. The summed E-state index contributed by atoms with van der Waals surface area (Å²) in [4.78, 5) is 21.8. The molecule has 86 valence electrons. The first kappa shape index (κ1) is 12.5. The number of anilines is 1. The zero-order valence-electron chi connectivity index (χ0n) is 8.83. The van der Waals surface area contributed by atoms with Crippen LogP contribution >= 0.6 is 15.9 Å². The second-order valence-electron chi connectivity index (χ2n) is 2.98. The van der Waals surface area contributed by atoms with Gasteiger partial charge in [0.1, 0.15) is 5.75 Å². The summed E-state index contributed by atoms with van der Waals surface area (Å²) in [5.41, 5.74) is 0.541. The first-order valence-corrected chi connectivity index (χ1v) is 5.24. The molecule has 2 N–H and O–H groups in total. The van der Waals surface area contributed by atoms with Crippen molar-refractivity contribution in [3.8, 4) is 5.75 Å². The summed E-state index contributed by atoms with van der Waals surface area (Å²) in [6.45, 7) is 1.27. The molecule has 1 aromatic rings. The van der Waals surface area contributed by atoms with Gasteiger partial charge in [-0.2, -0.15) is 0 Å². The van der Waals surface area contributed by atoms with Crippen LogP contribution in [0.3, 0.4) is 0 Å². The molecule has 0 aliphatic carbocycles. The summed E-state index contributed by atoms with van der Waals surface area (Å²) in [6.07, 6.45) is 0. The van der Waals surface area contributed by atoms with Crippen molar-refractivity contribution in [2.75, 3.05) is 12.4 Å². The third-order valence-corrected chi connectivity index (χ3v) is 2.35. The smallest absolute Gasteiger partial charge is 0.325 e. The molecular weight excluding hydrogens is 276 g/mol. The molecule has 0 unspecified atom stereocenters. The minimum atomic E-state index is -0.572. The van der Waals surface area contributed by atoms with Crippen LogP contribution in [0.4, 0.5) is 10.5 Å². The van der Waals surface area contributed by atoms with E-state index in [4.69, 9.17) is 4.74 Å². The SMILES string of the molecule is COc1cc(NC(=O)NC(C)=O)ccc1Br. The Balaban J connectivity index is 2.74. The molecule has 1 rings (SSSR count). The highest BCUT2D eigenvalue weighted by atomic mass is 79.9. The molecule has 0 heterocycles. The highest BCUT2D eigenvalue weighted by Gasteiger charge is 2.06. The van der Waals surface area contributed by atoms with Gasteiger partial charge in [0.25, 0.3) is 0 Å². The van der Waals surface area contributed by atoms with Gasteiger partial charge >= 0.3 is 6.03 Å². The van der Waals surface area contributed by atoms with E-state index in [0.29, 0.717) is 11.4 Å². The van der Waals surface area contributed by atoms with Crippen molar-refractivity contribution in [3.05, 3.63) is 22.7 Å². The molecule has 5 nitrogen and oxygen atoms in total. The molecule has 0 fully saturated rings. The summed E-state index contributed by atoms with van der Waals surface area (Å²) in [6, 6.07) is 4.50. The van der Waals surface area contributed by atoms with E-state index in [-0.39, 0.29) is 0 Å². The van der Waals surface area contributed by atoms with Crippen LogP contribution in [-0.2, 0) is 4.79 Å². The van der Waals surface area contributed by atoms with Gasteiger partial charge in [-0.3, -0.25) is 10.1 Å². The Morgan fingerprint density at radius 3 is 2.62 bits per heavy atom. The highest BCUT2D eigenvalue weighted by Crippen LogP contribution is 2.27. The van der Waals surface area contributed by atoms with E-state index in [1.807, 2.05) is 0 Å². The number of ether oxygens (including phenoxy) is 1. The average molecular weight is 287 g/mol. The van der Waals surface area contributed by atoms with Crippen molar-refractivity contribution in [1.82, 2.24) is 5.32 Å². The lowest BCUT2D eigenvalue weighted by Crippen LogP contribution is -2.32. The number of rotatable bonds is 2. The van der Waals surface area contributed by atoms with Crippen LogP contribution in [0.25, 0.3) is 0 Å². The van der Waals surface area contributed by atoms with Crippen LogP contribution in [0.5, 0.6) is 5.75 Å². The maximum Gasteiger partial charge on any atom is 0.325 e. The number of urea groups is 1. The zero-order valence-corrected chi connectivity index (χ0v) is 10.4. The van der Waals surface area contributed by atoms with Crippen molar-refractivity contribution in [1.29, 1.82) is 0 Å². The average Bonchev–Trinajstić information content (AvgIpc) is 2.19. The number of imide groups is 1. The molecule has 6 heteroatoms. The first-order valence-electron chi connectivity index (χ1n) is 4.45. The van der Waals surface area contributed by atoms with Crippen molar-refractivity contribution < 1.29 is 14.3 Å². The fraction of sp³-hybridized carbons (Fsp3) is 0.200. The van der Waals surface area contributed by atoms with Crippen LogP contribution < -0.4 is 15.4 Å². The van der Waals surface area contributed by atoms with Crippen molar-refractivity contribution in [3.63, 3.8) is 0 Å². The van der Waals surface area contributed by atoms with Crippen LogP contribution in [0.1, 0.15) is 6.92 Å². The molecule has 0 aliphatic heterocycles. The minimum Gasteiger partial charge on any atom is -0.495 e. The predicted octanol–water partition coefficient (Wildman–Crippen LogP) is 2.13. The van der Waals surface area contributed by atoms with Gasteiger partial charge in [-0.25, -0.2) is 4.79 Å². The summed E-state index contributed by atoms with van der Waals surface area (Å²) in [5.74, 6) is 0.183. The minimum absolute atomic E-state index is 0.415. The van der Waals surface area contributed by atoms with Gasteiger partial charge in [0.05, 0.1) is 11.6 Å². The van der Waals surface area contributed by atoms with Gasteiger partial charge in [0.15, 0.2) is 0 Å². The number of methoxy groups -OCH3 is 1. The molecule has 0 saturated heterocycles. The van der Waals surface area contributed by atoms with Gasteiger partial charge < -0.3 is 10.1 Å². The Morgan fingerprint density at radius 2 is 2.06 bits per heavy atom. The molecule has 0 bridgehead atoms. The van der Waals surface area contributed by atoms with Gasteiger partial charge in [-0.15, -0.1) is 0 Å². The highest BCUT2D eigenvalue weighted by molar-refractivity contribution is 9.10. The third-order valence-electron chi connectivity index (χ3n) is 1.70. The monoisotopic (exact) mass is 286 g/mol. The fourth-order valence-corrected chi connectivity index (χ4v) is 1.47. The molecule has 3 amide bonds. The predicted molar refractivity (Wildman–Crippen MR) is 63.5 cm³/mol. The molecule has 16 heavy (non-hydrogen) atoms. The summed E-state index contributed by atoms with van der Waals surface area (Å²) >= 11 is 3.29. The molecular formula is C10H11BrN2O3. The van der Waals surface area contributed by atoms with E-state index in [9.17, 15) is 9.59 Å². The van der Waals surface area contributed by atoms with E-state index in [2.05, 4.69) is 26.6 Å². The topological polar surface area (TPSA) is 67.4 Å². The number of hydrogen-bond donors (Lipinski definition) is 2. The van der Waals surface area contributed by atoms with Gasteiger partial charge in [0.2, 0.25) is 5.91 Å². The molecule has 0 aliphatic rings. The standard InChI is InChI=1S/C10H11BrN2O3/c1-6(14)12-10(15)13-7-3-4-8(11)9(5-7)16-2/h3-5H,1-2H3,(H2,12,13,14,15). The maximum absolute atomic E-state index is 11.2. The second kappa shape index (κ2) is 5.50. The quantitative estimate of drug-likeness (QED) is 0.875. The molecule has 1 aromatic carbocycles. The first-order chi connectivity index (χ1) is 7.52. The number of amides is 3. The van der Waals surface area contributed by atoms with Crippen LogP contribution in [-0.4, -0.2) is 19.0 Å². The number of benzene rings is 1. The largest absolute Gasteiger partial charge is 0.495 e. The molecule has 0 aromatic heterocycles. The van der Waals surface area contributed by atoms with Crippen LogP contribution in [0.15, 0.2) is 22.7 Å². The van der Waals surface area contributed by atoms with E-state index in [0.717, 1.165) is 4.47 Å². The molecule has 0 spiro atoms. The number of carbonyl (C=O) groups excluding carboxylic acids is 2. The third kappa shape index (κ3) is 3.54. The van der Waals surface area contributed by atoms with Crippen LogP contribution in [0.2, 0.25) is 0 Å². The normalized spacial score (nSPS) is 9.44. The Morgan fingerprint density at radius 1 is 1.38 bits per heavy atom. The fourth-order valence-electron chi connectivity index (χ4n) is 1.06. The van der Waals surface area contributed by atoms with E-state index < -0.39 is 11.9 Å². The number of nitrogens with one attached hydrogen (secondary N) is 2. The van der Waals surface area contributed by atoms with Gasteiger partial charge in [0, 0.05) is 18.7 Å². The summed E-state index contributed by atoms with van der Waals surface area (Å²) < 4.78 is 5.85. The van der Waals surface area contributed by atoms with Gasteiger partial charge in [-0.1, -0.05) is 0 Å². The van der Waals surface area contributed by atoms with Crippen LogP contribution in [0, 0.1) is 0 Å². The van der Waals surface area contributed by atoms with Crippen molar-refractivity contribution in [2.45, 2.75) is 6.92 Å². The van der Waals surface area contributed by atoms with Crippen molar-refractivity contribution in [2.24, 2.45) is 0 Å². The summed E-state index contributed by atoms with van der Waals surface area (Å²) in [5, 5.41) is 4.61. The second-order valence-corrected chi connectivity index (χ2v) is 3.84. The number of halogens is 1. The lowest BCUT2D eigenvalue weighted by Gasteiger charge is -2.08. The zero-order chi connectivity index (χ0) is 12.1. The Kier molecular flexibility index (Phi) is 4.30. The van der Waals surface area contributed by atoms with E-state index >= 15 is 0 Å².